The molecule has 0 radical (unpaired) electrons. The van der Waals surface area contributed by atoms with Gasteiger partial charge in [0.2, 0.25) is 10.0 Å². The maximum absolute atomic E-state index is 12.5. The molecule has 0 spiro atoms. The number of para-hydroxylation sites is 1. The first-order valence-corrected chi connectivity index (χ1v) is 12.4. The Morgan fingerprint density at radius 2 is 1.72 bits per heavy atom. The predicted molar refractivity (Wildman–Crippen MR) is 126 cm³/mol. The topological polar surface area (TPSA) is 81.0 Å². The quantitative estimate of drug-likeness (QED) is 0.381. The van der Waals surface area contributed by atoms with E-state index in [0.717, 1.165) is 33.4 Å². The van der Waals surface area contributed by atoms with Gasteiger partial charge < -0.3 is 0 Å². The summed E-state index contributed by atoms with van der Waals surface area (Å²) in [4.78, 5) is 4.38. The third kappa shape index (κ3) is 4.45. The van der Waals surface area contributed by atoms with Gasteiger partial charge in [0.15, 0.2) is 11.0 Å². The number of nitrogens with zero attached hydrogens (tertiary/aromatic N) is 5. The molecule has 9 heteroatoms. The molecular formula is C23H23N5O2S2. The molecule has 164 valence electrons. The molecule has 7 nitrogen and oxygen atoms in total. The van der Waals surface area contributed by atoms with Gasteiger partial charge in [-0.2, -0.15) is 0 Å². The highest BCUT2D eigenvalue weighted by Gasteiger charge is 2.19. The molecule has 0 aliphatic heterocycles. The number of thioether (sulfide) groups is 1. The Labute approximate surface area is 192 Å². The van der Waals surface area contributed by atoms with Gasteiger partial charge >= 0.3 is 0 Å². The van der Waals surface area contributed by atoms with Crippen LogP contribution in [0.15, 0.2) is 83.1 Å². The van der Waals surface area contributed by atoms with Gasteiger partial charge in [0.25, 0.3) is 0 Å². The first-order valence-electron chi connectivity index (χ1n) is 9.94. The third-order valence-corrected chi connectivity index (χ3v) is 7.78. The van der Waals surface area contributed by atoms with Gasteiger partial charge in [-0.05, 0) is 48.4 Å². The minimum atomic E-state index is -3.49. The summed E-state index contributed by atoms with van der Waals surface area (Å²) >= 11 is 1.51. The number of hydrogen-bond donors (Lipinski definition) is 0. The molecule has 4 rings (SSSR count). The molecule has 0 unspecified atom stereocenters. The highest BCUT2D eigenvalue weighted by Crippen LogP contribution is 2.31. The fourth-order valence-corrected chi connectivity index (χ4v) is 5.10. The van der Waals surface area contributed by atoms with Crippen LogP contribution >= 0.6 is 11.8 Å². The van der Waals surface area contributed by atoms with Crippen molar-refractivity contribution in [2.45, 2.75) is 22.7 Å². The summed E-state index contributed by atoms with van der Waals surface area (Å²) in [6.45, 7) is 2.05. The maximum atomic E-state index is 12.5. The summed E-state index contributed by atoms with van der Waals surface area (Å²) in [5, 5.41) is 9.64. The summed E-state index contributed by atoms with van der Waals surface area (Å²) in [5.41, 5.74) is 3.91. The zero-order valence-electron chi connectivity index (χ0n) is 18.0. The maximum Gasteiger partial charge on any atom is 0.242 e. The van der Waals surface area contributed by atoms with Crippen molar-refractivity contribution in [1.29, 1.82) is 0 Å². The summed E-state index contributed by atoms with van der Waals surface area (Å²) in [6.07, 6.45) is 3.46. The molecule has 0 N–H and O–H groups in total. The highest BCUT2D eigenvalue weighted by molar-refractivity contribution is 7.98. The van der Waals surface area contributed by atoms with Crippen LogP contribution in [0.5, 0.6) is 0 Å². The fourth-order valence-electron chi connectivity index (χ4n) is 3.24. The second-order valence-electron chi connectivity index (χ2n) is 7.39. The van der Waals surface area contributed by atoms with Crippen molar-refractivity contribution < 1.29 is 8.42 Å². The summed E-state index contributed by atoms with van der Waals surface area (Å²) in [6, 6.07) is 18.9. The monoisotopic (exact) mass is 465 g/mol. The lowest BCUT2D eigenvalue weighted by Crippen LogP contribution is -2.22. The van der Waals surface area contributed by atoms with Gasteiger partial charge in [0, 0.05) is 37.8 Å². The lowest BCUT2D eigenvalue weighted by molar-refractivity contribution is 0.520. The number of aromatic nitrogens is 4. The highest BCUT2D eigenvalue weighted by atomic mass is 32.2. The Kier molecular flexibility index (Phi) is 6.40. The number of sulfonamides is 1. The normalized spacial score (nSPS) is 11.8. The van der Waals surface area contributed by atoms with E-state index in [-0.39, 0.29) is 4.90 Å². The van der Waals surface area contributed by atoms with Crippen LogP contribution in [-0.2, 0) is 15.8 Å². The van der Waals surface area contributed by atoms with Crippen LogP contribution in [0, 0.1) is 6.92 Å². The Hall–Kier alpha value is -3.01. The summed E-state index contributed by atoms with van der Waals surface area (Å²) in [7, 11) is -0.426. The number of pyridine rings is 1. The third-order valence-electron chi connectivity index (χ3n) is 4.97. The van der Waals surface area contributed by atoms with Gasteiger partial charge in [-0.3, -0.25) is 9.55 Å². The molecule has 0 aliphatic carbocycles. The lowest BCUT2D eigenvalue weighted by atomic mass is 10.2. The van der Waals surface area contributed by atoms with E-state index in [4.69, 9.17) is 0 Å². The standard InChI is InChI=1S/C23H23N5O2S2/c1-17-7-4-5-10-21(17)28-22(19-11-13-24-14-12-19)25-26-23(28)31-16-18-8-6-9-20(15-18)32(29,30)27(2)3/h4-15H,16H2,1-3H3. The molecule has 4 aromatic rings. The number of rotatable bonds is 7. The first kappa shape index (κ1) is 22.2. The second-order valence-corrected chi connectivity index (χ2v) is 10.5. The zero-order chi connectivity index (χ0) is 22.7. The van der Waals surface area contributed by atoms with Gasteiger partial charge in [-0.25, -0.2) is 12.7 Å². The van der Waals surface area contributed by atoms with Crippen molar-refractivity contribution in [3.05, 3.63) is 84.2 Å². The molecule has 2 aromatic carbocycles. The average molecular weight is 466 g/mol. The van der Waals surface area contributed by atoms with Gasteiger partial charge in [-0.15, -0.1) is 10.2 Å². The van der Waals surface area contributed by atoms with E-state index in [1.807, 2.05) is 41.0 Å². The Bertz CT molecular complexity index is 1340. The smallest absolute Gasteiger partial charge is 0.242 e. The van der Waals surface area contributed by atoms with Crippen molar-refractivity contribution >= 4 is 21.8 Å². The zero-order valence-corrected chi connectivity index (χ0v) is 19.6. The van der Waals surface area contributed by atoms with Crippen molar-refractivity contribution in [3.8, 4) is 17.1 Å². The van der Waals surface area contributed by atoms with Crippen molar-refractivity contribution in [2.75, 3.05) is 14.1 Å². The molecule has 0 bridgehead atoms. The Balaban J connectivity index is 1.70. The van der Waals surface area contributed by atoms with E-state index in [1.54, 1.807) is 30.6 Å². The predicted octanol–water partition coefficient (Wildman–Crippen LogP) is 4.18. The molecular weight excluding hydrogens is 442 g/mol. The van der Waals surface area contributed by atoms with Crippen LogP contribution in [-0.4, -0.2) is 46.6 Å². The lowest BCUT2D eigenvalue weighted by Gasteiger charge is -2.14. The molecule has 0 atom stereocenters. The Morgan fingerprint density at radius 1 is 0.969 bits per heavy atom. The van der Waals surface area contributed by atoms with Crippen LogP contribution in [0.2, 0.25) is 0 Å². The summed E-state index contributed by atoms with van der Waals surface area (Å²) < 4.78 is 28.2. The average Bonchev–Trinajstić information content (AvgIpc) is 3.22. The van der Waals surface area contributed by atoms with Gasteiger partial charge in [0.05, 0.1) is 10.6 Å². The molecule has 0 saturated heterocycles. The first-order chi connectivity index (χ1) is 15.4. The molecule has 2 aromatic heterocycles. The van der Waals surface area contributed by atoms with E-state index in [9.17, 15) is 8.42 Å². The molecule has 0 saturated carbocycles. The minimum absolute atomic E-state index is 0.276. The van der Waals surface area contributed by atoms with Crippen LogP contribution in [0.3, 0.4) is 0 Å². The number of hydrogen-bond acceptors (Lipinski definition) is 6. The van der Waals surface area contributed by atoms with Crippen LogP contribution < -0.4 is 0 Å². The van der Waals surface area contributed by atoms with Crippen LogP contribution in [0.25, 0.3) is 17.1 Å². The minimum Gasteiger partial charge on any atom is -0.270 e. The molecule has 0 aliphatic rings. The van der Waals surface area contributed by atoms with Crippen LogP contribution in [0.1, 0.15) is 11.1 Å². The molecule has 0 fully saturated rings. The van der Waals surface area contributed by atoms with E-state index >= 15 is 0 Å². The molecule has 0 amide bonds. The van der Waals surface area contributed by atoms with E-state index in [2.05, 4.69) is 28.2 Å². The van der Waals surface area contributed by atoms with E-state index in [0.29, 0.717) is 5.75 Å². The van der Waals surface area contributed by atoms with E-state index in [1.165, 1.54) is 30.2 Å². The van der Waals surface area contributed by atoms with Crippen LogP contribution in [0.4, 0.5) is 0 Å². The largest absolute Gasteiger partial charge is 0.270 e. The second kappa shape index (κ2) is 9.23. The molecule has 2 heterocycles. The SMILES string of the molecule is Cc1ccccc1-n1c(SCc2cccc(S(=O)(=O)N(C)C)c2)nnc1-c1ccncc1. The van der Waals surface area contributed by atoms with Crippen molar-refractivity contribution in [2.24, 2.45) is 0 Å². The van der Waals surface area contributed by atoms with Gasteiger partial charge in [-0.1, -0.05) is 42.1 Å². The van der Waals surface area contributed by atoms with Gasteiger partial charge in [0.1, 0.15) is 0 Å². The van der Waals surface area contributed by atoms with Crippen molar-refractivity contribution in [1.82, 2.24) is 24.1 Å². The Morgan fingerprint density at radius 3 is 2.44 bits per heavy atom. The number of benzene rings is 2. The summed E-state index contributed by atoms with van der Waals surface area (Å²) in [5.74, 6) is 1.28. The van der Waals surface area contributed by atoms with E-state index < -0.39 is 10.0 Å². The number of aryl methyl sites for hydroxylation is 1. The fraction of sp³-hybridized carbons (Fsp3) is 0.174. The van der Waals surface area contributed by atoms with Crippen molar-refractivity contribution in [3.63, 3.8) is 0 Å². The molecule has 32 heavy (non-hydrogen) atoms.